The number of carbonyl (C=O) groups excluding carboxylic acids is 1. The maximum Gasteiger partial charge on any atom is 0.231 e. The molecule has 122 valence electrons. The average Bonchev–Trinajstić information content (AvgIpc) is 3.05. The van der Waals surface area contributed by atoms with Crippen molar-refractivity contribution in [1.29, 1.82) is 0 Å². The first kappa shape index (κ1) is 15.5. The Morgan fingerprint density at radius 2 is 2.23 bits per heavy atom. The highest BCUT2D eigenvalue weighted by Crippen LogP contribution is 2.28. The molecule has 22 heavy (non-hydrogen) atoms. The zero-order valence-corrected chi connectivity index (χ0v) is 13.5. The van der Waals surface area contributed by atoms with Gasteiger partial charge in [0.2, 0.25) is 11.8 Å². The van der Waals surface area contributed by atoms with Crippen molar-refractivity contribution >= 4 is 15.7 Å². The molecule has 7 nitrogen and oxygen atoms in total. The molecule has 0 aliphatic carbocycles. The molecule has 2 aliphatic rings. The van der Waals surface area contributed by atoms with Crippen LogP contribution in [0.3, 0.4) is 0 Å². The number of aromatic nitrogens is 2. The molecule has 0 spiro atoms. The standard InChI is InChI=1S/C14H21N3O4S/c1-10-15-14(21-16-10)12-3-2-5-17(8-12)13(18)7-11-4-6-22(19,20)9-11/h11-12H,2-9H2,1H3. The summed E-state index contributed by atoms with van der Waals surface area (Å²) >= 11 is 0. The lowest BCUT2D eigenvalue weighted by atomic mass is 9.96. The Bertz CT molecular complexity index is 655. The van der Waals surface area contributed by atoms with Gasteiger partial charge in [-0.2, -0.15) is 4.98 Å². The van der Waals surface area contributed by atoms with Gasteiger partial charge in [0.05, 0.1) is 17.4 Å². The smallest absolute Gasteiger partial charge is 0.231 e. The molecular weight excluding hydrogens is 306 g/mol. The summed E-state index contributed by atoms with van der Waals surface area (Å²) in [5.41, 5.74) is 0. The highest BCUT2D eigenvalue weighted by molar-refractivity contribution is 7.91. The van der Waals surface area contributed by atoms with E-state index in [1.165, 1.54) is 0 Å². The summed E-state index contributed by atoms with van der Waals surface area (Å²) in [6, 6.07) is 0. The third-order valence-corrected chi connectivity index (χ3v) is 6.29. The number of hydrogen-bond acceptors (Lipinski definition) is 6. The molecule has 2 unspecified atom stereocenters. The predicted molar refractivity (Wildman–Crippen MR) is 79.0 cm³/mol. The zero-order chi connectivity index (χ0) is 15.7. The molecule has 1 aromatic heterocycles. The van der Waals surface area contributed by atoms with Crippen molar-refractivity contribution in [3.8, 4) is 0 Å². The number of piperidine rings is 1. The topological polar surface area (TPSA) is 93.4 Å². The Morgan fingerprint density at radius 3 is 2.86 bits per heavy atom. The molecule has 2 aliphatic heterocycles. The van der Waals surface area contributed by atoms with E-state index in [0.717, 1.165) is 19.4 Å². The van der Waals surface area contributed by atoms with Crippen LogP contribution < -0.4 is 0 Å². The van der Waals surface area contributed by atoms with Gasteiger partial charge < -0.3 is 9.42 Å². The van der Waals surface area contributed by atoms with Gasteiger partial charge in [-0.1, -0.05) is 5.16 Å². The molecule has 2 atom stereocenters. The molecule has 0 radical (unpaired) electrons. The Hall–Kier alpha value is -1.44. The molecule has 2 saturated heterocycles. The Morgan fingerprint density at radius 1 is 1.41 bits per heavy atom. The lowest BCUT2D eigenvalue weighted by molar-refractivity contribution is -0.133. The summed E-state index contributed by atoms with van der Waals surface area (Å²) in [6.07, 6.45) is 2.77. The monoisotopic (exact) mass is 327 g/mol. The highest BCUT2D eigenvalue weighted by atomic mass is 32.2. The molecule has 0 N–H and O–H groups in total. The summed E-state index contributed by atoms with van der Waals surface area (Å²) < 4.78 is 28.2. The summed E-state index contributed by atoms with van der Waals surface area (Å²) in [7, 11) is -2.93. The normalized spacial score (nSPS) is 28.0. The molecule has 3 heterocycles. The van der Waals surface area contributed by atoms with Crippen LogP contribution in [-0.2, 0) is 14.6 Å². The van der Waals surface area contributed by atoms with E-state index in [4.69, 9.17) is 4.52 Å². The van der Waals surface area contributed by atoms with Crippen molar-refractivity contribution in [3.63, 3.8) is 0 Å². The van der Waals surface area contributed by atoms with Crippen molar-refractivity contribution in [2.45, 2.75) is 38.5 Å². The zero-order valence-electron chi connectivity index (χ0n) is 12.7. The number of hydrogen-bond donors (Lipinski definition) is 0. The first-order valence-electron chi connectivity index (χ1n) is 7.71. The maximum atomic E-state index is 12.4. The van der Waals surface area contributed by atoms with Gasteiger partial charge in [-0.15, -0.1) is 0 Å². The van der Waals surface area contributed by atoms with Gasteiger partial charge in [-0.3, -0.25) is 4.79 Å². The minimum atomic E-state index is -2.93. The van der Waals surface area contributed by atoms with E-state index >= 15 is 0 Å². The first-order valence-corrected chi connectivity index (χ1v) is 9.53. The quantitative estimate of drug-likeness (QED) is 0.819. The second kappa shape index (κ2) is 5.98. The van der Waals surface area contributed by atoms with Gasteiger partial charge in [0.1, 0.15) is 0 Å². The van der Waals surface area contributed by atoms with Crippen molar-refractivity contribution < 1.29 is 17.7 Å². The van der Waals surface area contributed by atoms with E-state index in [9.17, 15) is 13.2 Å². The van der Waals surface area contributed by atoms with Crippen LogP contribution in [0.5, 0.6) is 0 Å². The molecule has 8 heteroatoms. The SMILES string of the molecule is Cc1noc(C2CCCN(C(=O)CC3CCS(=O)(=O)C3)C2)n1. The van der Waals surface area contributed by atoms with Gasteiger partial charge >= 0.3 is 0 Å². The average molecular weight is 327 g/mol. The third kappa shape index (κ3) is 3.48. The minimum Gasteiger partial charge on any atom is -0.342 e. The van der Waals surface area contributed by atoms with Gasteiger partial charge in [0, 0.05) is 19.5 Å². The summed E-state index contributed by atoms with van der Waals surface area (Å²) in [5.74, 6) is 1.68. The Balaban J connectivity index is 1.58. The van der Waals surface area contributed by atoms with Gasteiger partial charge in [-0.25, -0.2) is 8.42 Å². The number of likely N-dealkylation sites (tertiary alicyclic amines) is 1. The molecule has 0 aromatic carbocycles. The largest absolute Gasteiger partial charge is 0.342 e. The number of rotatable bonds is 3. The predicted octanol–water partition coefficient (Wildman–Crippen LogP) is 0.909. The van der Waals surface area contributed by atoms with Crippen molar-refractivity contribution in [2.24, 2.45) is 5.92 Å². The summed E-state index contributed by atoms with van der Waals surface area (Å²) in [5, 5.41) is 3.80. The fourth-order valence-corrected chi connectivity index (χ4v) is 5.16. The fraction of sp³-hybridized carbons (Fsp3) is 0.786. The van der Waals surface area contributed by atoms with Crippen molar-refractivity contribution in [3.05, 3.63) is 11.7 Å². The first-order chi connectivity index (χ1) is 10.4. The second-order valence-corrected chi connectivity index (χ2v) is 8.56. The van der Waals surface area contributed by atoms with Gasteiger partial charge in [0.15, 0.2) is 15.7 Å². The second-order valence-electron chi connectivity index (χ2n) is 6.33. The van der Waals surface area contributed by atoms with Crippen LogP contribution in [0.2, 0.25) is 0 Å². The third-order valence-electron chi connectivity index (χ3n) is 4.46. The van der Waals surface area contributed by atoms with Crippen molar-refractivity contribution in [2.75, 3.05) is 24.6 Å². The number of amides is 1. The van der Waals surface area contributed by atoms with Crippen LogP contribution in [0.1, 0.15) is 43.3 Å². The molecule has 1 amide bonds. The number of sulfone groups is 1. The molecule has 1 aromatic rings. The van der Waals surface area contributed by atoms with E-state index in [-0.39, 0.29) is 29.2 Å². The molecule has 2 fully saturated rings. The van der Waals surface area contributed by atoms with E-state index in [1.54, 1.807) is 6.92 Å². The Labute approximate surface area is 130 Å². The van der Waals surface area contributed by atoms with E-state index in [0.29, 0.717) is 31.1 Å². The van der Waals surface area contributed by atoms with Crippen LogP contribution in [0.25, 0.3) is 0 Å². The molecular formula is C14H21N3O4S. The summed E-state index contributed by atoms with van der Waals surface area (Å²) in [4.78, 5) is 18.5. The number of aryl methyl sites for hydroxylation is 1. The van der Waals surface area contributed by atoms with Crippen LogP contribution >= 0.6 is 0 Å². The molecule has 0 bridgehead atoms. The van der Waals surface area contributed by atoms with Crippen molar-refractivity contribution in [1.82, 2.24) is 15.0 Å². The van der Waals surface area contributed by atoms with Crippen LogP contribution in [0.4, 0.5) is 0 Å². The minimum absolute atomic E-state index is 0.0245. The lowest BCUT2D eigenvalue weighted by Crippen LogP contribution is -2.40. The van der Waals surface area contributed by atoms with E-state index in [1.807, 2.05) is 4.90 Å². The van der Waals surface area contributed by atoms with Crippen LogP contribution in [0.15, 0.2) is 4.52 Å². The van der Waals surface area contributed by atoms with Gasteiger partial charge in [0.25, 0.3) is 0 Å². The van der Waals surface area contributed by atoms with Crippen LogP contribution in [-0.4, -0.2) is 54.0 Å². The Kier molecular flexibility index (Phi) is 4.20. The highest BCUT2D eigenvalue weighted by Gasteiger charge is 2.33. The van der Waals surface area contributed by atoms with E-state index < -0.39 is 9.84 Å². The fourth-order valence-electron chi connectivity index (χ4n) is 3.29. The summed E-state index contributed by atoms with van der Waals surface area (Å²) in [6.45, 7) is 3.08. The van der Waals surface area contributed by atoms with Gasteiger partial charge in [-0.05, 0) is 32.1 Å². The number of nitrogens with zero attached hydrogens (tertiary/aromatic N) is 3. The lowest BCUT2D eigenvalue weighted by Gasteiger charge is -2.31. The van der Waals surface area contributed by atoms with E-state index in [2.05, 4.69) is 10.1 Å². The number of carbonyl (C=O) groups is 1. The molecule has 0 saturated carbocycles. The maximum absolute atomic E-state index is 12.4. The molecule has 3 rings (SSSR count). The van der Waals surface area contributed by atoms with Crippen LogP contribution in [0, 0.1) is 12.8 Å².